The highest BCUT2D eigenvalue weighted by molar-refractivity contribution is 9.13. The number of nitrogens with one attached hydrogen (secondary N) is 2. The van der Waals surface area contributed by atoms with Crippen LogP contribution in [0.1, 0.15) is 24.3 Å². The zero-order valence-electron chi connectivity index (χ0n) is 9.71. The minimum absolute atomic E-state index is 0.193. The Balaban J connectivity index is 2.71. The van der Waals surface area contributed by atoms with Gasteiger partial charge in [-0.25, -0.2) is 4.79 Å². The number of carbonyl (C=O) groups is 2. The van der Waals surface area contributed by atoms with Crippen molar-refractivity contribution in [1.29, 1.82) is 0 Å². The van der Waals surface area contributed by atoms with Gasteiger partial charge in [0.15, 0.2) is 5.69 Å². The fourth-order valence-electron chi connectivity index (χ4n) is 1.09. The summed E-state index contributed by atoms with van der Waals surface area (Å²) in [4.78, 5) is 22.9. The Morgan fingerprint density at radius 2 is 2.17 bits per heavy atom. The maximum Gasteiger partial charge on any atom is 0.332 e. The minimum atomic E-state index is -0.502. The zero-order chi connectivity index (χ0) is 13.7. The van der Waals surface area contributed by atoms with Crippen molar-refractivity contribution >= 4 is 43.7 Å². The fraction of sp³-hybridized carbons (Fsp3) is 0.300. The van der Waals surface area contributed by atoms with E-state index >= 15 is 0 Å². The lowest BCUT2D eigenvalue weighted by atomic mass is 10.3. The Labute approximate surface area is 120 Å². The average molecular weight is 381 g/mol. The normalized spacial score (nSPS) is 11.2. The van der Waals surface area contributed by atoms with Crippen LogP contribution >= 0.6 is 31.9 Å². The first-order valence-electron chi connectivity index (χ1n) is 5.01. The van der Waals surface area contributed by atoms with Crippen molar-refractivity contribution in [3.05, 3.63) is 26.5 Å². The predicted molar refractivity (Wildman–Crippen MR) is 71.8 cm³/mol. The molecule has 2 N–H and O–H groups in total. The van der Waals surface area contributed by atoms with E-state index < -0.39 is 11.9 Å². The van der Waals surface area contributed by atoms with Gasteiger partial charge < -0.3 is 10.1 Å². The zero-order valence-corrected chi connectivity index (χ0v) is 12.9. The number of aromatic nitrogens is 2. The number of H-pyrrole nitrogens is 1. The van der Waals surface area contributed by atoms with E-state index in [0.717, 1.165) is 0 Å². The molecule has 0 aliphatic rings. The Morgan fingerprint density at radius 1 is 1.50 bits per heavy atom. The number of rotatable bonds is 4. The van der Waals surface area contributed by atoms with E-state index in [-0.39, 0.29) is 12.3 Å². The number of hydrogen-bond donors (Lipinski definition) is 2. The van der Waals surface area contributed by atoms with Crippen LogP contribution < -0.4 is 5.32 Å². The number of carbonyl (C=O) groups excluding carboxylic acids is 2. The summed E-state index contributed by atoms with van der Waals surface area (Å²) in [6.45, 7) is 3.58. The van der Waals surface area contributed by atoms with E-state index in [1.54, 1.807) is 13.8 Å². The third-order valence-corrected chi connectivity index (χ3v) is 3.69. The van der Waals surface area contributed by atoms with E-state index in [4.69, 9.17) is 4.74 Å². The standard InChI is InChI=1S/C10H11Br2N3O3/c1-3-18-6(16)4-5(2)13-10(17)8-7(11)9(12)15-14-8/h4H,3H2,1-2H3,(H,13,17)(H,14,15)/b5-4+. The molecule has 6 nitrogen and oxygen atoms in total. The van der Waals surface area contributed by atoms with Gasteiger partial charge in [-0.15, -0.1) is 0 Å². The van der Waals surface area contributed by atoms with E-state index in [9.17, 15) is 9.59 Å². The lowest BCUT2D eigenvalue weighted by molar-refractivity contribution is -0.137. The first kappa shape index (κ1) is 14.9. The average Bonchev–Trinajstić information content (AvgIpc) is 2.59. The van der Waals surface area contributed by atoms with Crippen LogP contribution in [0.3, 0.4) is 0 Å². The Hall–Kier alpha value is -1.15. The summed E-state index contributed by atoms with van der Waals surface area (Å²) in [5.74, 6) is -0.931. The highest BCUT2D eigenvalue weighted by Gasteiger charge is 2.16. The lowest BCUT2D eigenvalue weighted by Crippen LogP contribution is -2.23. The molecule has 0 spiro atoms. The summed E-state index contributed by atoms with van der Waals surface area (Å²) in [7, 11) is 0. The summed E-state index contributed by atoms with van der Waals surface area (Å²) < 4.78 is 5.81. The van der Waals surface area contributed by atoms with Crippen LogP contribution in [0.4, 0.5) is 0 Å². The van der Waals surface area contributed by atoms with Crippen LogP contribution in [-0.4, -0.2) is 28.7 Å². The molecule has 1 heterocycles. The molecule has 1 aromatic heterocycles. The molecule has 1 rings (SSSR count). The molecule has 1 amide bonds. The molecule has 8 heteroatoms. The third-order valence-electron chi connectivity index (χ3n) is 1.81. The van der Waals surface area contributed by atoms with Gasteiger partial charge in [-0.05, 0) is 45.7 Å². The maximum atomic E-state index is 11.8. The molecule has 98 valence electrons. The summed E-state index contributed by atoms with van der Waals surface area (Å²) in [5.41, 5.74) is 0.572. The van der Waals surface area contributed by atoms with Crippen molar-refractivity contribution in [3.63, 3.8) is 0 Å². The van der Waals surface area contributed by atoms with Crippen molar-refractivity contribution in [1.82, 2.24) is 15.5 Å². The van der Waals surface area contributed by atoms with E-state index in [1.807, 2.05) is 0 Å². The second-order valence-corrected chi connectivity index (χ2v) is 4.82. The van der Waals surface area contributed by atoms with Gasteiger partial charge in [0.25, 0.3) is 5.91 Å². The quantitative estimate of drug-likeness (QED) is 0.619. The molecule has 0 aliphatic heterocycles. The fourth-order valence-corrected chi connectivity index (χ4v) is 1.73. The van der Waals surface area contributed by atoms with E-state index in [2.05, 4.69) is 47.4 Å². The molecule has 18 heavy (non-hydrogen) atoms. The molecule has 0 fully saturated rings. The Bertz CT molecular complexity index is 497. The van der Waals surface area contributed by atoms with Crippen molar-refractivity contribution in [2.75, 3.05) is 6.61 Å². The smallest absolute Gasteiger partial charge is 0.332 e. The number of allylic oxidation sites excluding steroid dienone is 1. The van der Waals surface area contributed by atoms with Gasteiger partial charge in [0, 0.05) is 11.8 Å². The van der Waals surface area contributed by atoms with Gasteiger partial charge in [-0.3, -0.25) is 9.89 Å². The van der Waals surface area contributed by atoms with E-state index in [0.29, 0.717) is 14.8 Å². The highest BCUT2D eigenvalue weighted by atomic mass is 79.9. The van der Waals surface area contributed by atoms with Gasteiger partial charge >= 0.3 is 5.97 Å². The number of nitrogens with zero attached hydrogens (tertiary/aromatic N) is 1. The van der Waals surface area contributed by atoms with Crippen LogP contribution in [0.25, 0.3) is 0 Å². The number of ether oxygens (including phenoxy) is 1. The number of esters is 1. The molecule has 0 atom stereocenters. The van der Waals surface area contributed by atoms with Gasteiger partial charge in [-0.2, -0.15) is 5.10 Å². The second kappa shape index (κ2) is 6.69. The largest absolute Gasteiger partial charge is 0.463 e. The topological polar surface area (TPSA) is 84.1 Å². The molecule has 0 saturated heterocycles. The van der Waals surface area contributed by atoms with E-state index in [1.165, 1.54) is 6.08 Å². The van der Waals surface area contributed by atoms with Crippen LogP contribution in [0, 0.1) is 0 Å². The molecule has 1 aromatic rings. The van der Waals surface area contributed by atoms with Crippen molar-refractivity contribution in [2.45, 2.75) is 13.8 Å². The first-order chi connectivity index (χ1) is 8.45. The molecular weight excluding hydrogens is 370 g/mol. The first-order valence-corrected chi connectivity index (χ1v) is 6.60. The monoisotopic (exact) mass is 379 g/mol. The molecular formula is C10H11Br2N3O3. The highest BCUT2D eigenvalue weighted by Crippen LogP contribution is 2.23. The van der Waals surface area contributed by atoms with Crippen LogP contribution in [0.2, 0.25) is 0 Å². The summed E-state index contributed by atoms with van der Waals surface area (Å²) in [6.07, 6.45) is 1.21. The molecule has 0 aromatic carbocycles. The third kappa shape index (κ3) is 3.95. The Kier molecular flexibility index (Phi) is 5.54. The van der Waals surface area contributed by atoms with Gasteiger partial charge in [0.1, 0.15) is 4.60 Å². The van der Waals surface area contributed by atoms with Gasteiger partial charge in [0.05, 0.1) is 11.1 Å². The minimum Gasteiger partial charge on any atom is -0.463 e. The molecule has 0 unspecified atom stereocenters. The lowest BCUT2D eigenvalue weighted by Gasteiger charge is -2.03. The van der Waals surface area contributed by atoms with Crippen LogP contribution in [0.5, 0.6) is 0 Å². The van der Waals surface area contributed by atoms with Crippen molar-refractivity contribution in [2.24, 2.45) is 0 Å². The Morgan fingerprint density at radius 3 is 2.67 bits per heavy atom. The van der Waals surface area contributed by atoms with Crippen LogP contribution in [0.15, 0.2) is 20.8 Å². The van der Waals surface area contributed by atoms with Crippen LogP contribution in [-0.2, 0) is 9.53 Å². The molecule has 0 radical (unpaired) electrons. The molecule has 0 aliphatic carbocycles. The number of amides is 1. The van der Waals surface area contributed by atoms with Crippen molar-refractivity contribution < 1.29 is 14.3 Å². The van der Waals surface area contributed by atoms with Gasteiger partial charge in [-0.1, -0.05) is 0 Å². The summed E-state index contributed by atoms with van der Waals surface area (Å²) in [5, 5.41) is 8.94. The molecule has 0 bridgehead atoms. The van der Waals surface area contributed by atoms with Crippen molar-refractivity contribution in [3.8, 4) is 0 Å². The molecule has 0 saturated carbocycles. The van der Waals surface area contributed by atoms with Gasteiger partial charge in [0.2, 0.25) is 0 Å². The summed E-state index contributed by atoms with van der Waals surface area (Å²) >= 11 is 6.38. The SMILES string of the molecule is CCOC(=O)/C=C(\C)NC(=O)c1n[nH]c(Br)c1Br. The predicted octanol–water partition coefficient (Wildman–Crippen LogP) is 2.13. The number of aromatic amines is 1. The second-order valence-electron chi connectivity index (χ2n) is 3.23. The summed E-state index contributed by atoms with van der Waals surface area (Å²) in [6, 6.07) is 0. The number of halogens is 2. The maximum absolute atomic E-state index is 11.8. The number of hydrogen-bond acceptors (Lipinski definition) is 4.